The first-order valence-electron chi connectivity index (χ1n) is 7.55. The fourth-order valence-corrected chi connectivity index (χ4v) is 2.64. The molecule has 2 aromatic rings. The maximum atomic E-state index is 13.2. The van der Waals surface area contributed by atoms with Crippen LogP contribution in [0.3, 0.4) is 0 Å². The minimum Gasteiger partial charge on any atom is -0.490 e. The molecule has 0 heterocycles. The number of rotatable bonds is 7. The number of hydrogen-bond donors (Lipinski definition) is 0. The molecule has 128 valence electrons. The summed E-state index contributed by atoms with van der Waals surface area (Å²) >= 11 is 3.39. The van der Waals surface area contributed by atoms with Crippen LogP contribution in [0.1, 0.15) is 29.8 Å². The first-order valence-corrected chi connectivity index (χ1v) is 8.35. The lowest BCUT2D eigenvalue weighted by molar-refractivity contribution is 0.0525. The van der Waals surface area contributed by atoms with Crippen LogP contribution in [0.5, 0.6) is 11.5 Å². The van der Waals surface area contributed by atoms with Crippen LogP contribution in [0.2, 0.25) is 0 Å². The van der Waals surface area contributed by atoms with Crippen LogP contribution in [0.4, 0.5) is 4.39 Å². The van der Waals surface area contributed by atoms with Crippen LogP contribution in [0.25, 0.3) is 0 Å². The van der Waals surface area contributed by atoms with E-state index in [4.69, 9.17) is 14.2 Å². The summed E-state index contributed by atoms with van der Waals surface area (Å²) in [6.07, 6.45) is 0. The van der Waals surface area contributed by atoms with E-state index < -0.39 is 5.97 Å². The minimum atomic E-state index is -0.434. The Balaban J connectivity index is 2.25. The third kappa shape index (κ3) is 4.71. The Morgan fingerprint density at radius 2 is 1.92 bits per heavy atom. The van der Waals surface area contributed by atoms with Crippen molar-refractivity contribution in [2.75, 3.05) is 13.2 Å². The molecule has 24 heavy (non-hydrogen) atoms. The van der Waals surface area contributed by atoms with E-state index in [0.29, 0.717) is 33.7 Å². The minimum absolute atomic E-state index is 0.176. The van der Waals surface area contributed by atoms with E-state index in [1.54, 1.807) is 31.2 Å². The molecule has 0 unspecified atom stereocenters. The standard InChI is InChI=1S/C18H18BrFO4/c1-3-22-16-10-13(18(21)23-4-2)9-15(19)17(16)24-11-12-6-5-7-14(20)8-12/h5-10H,3-4,11H2,1-2H3. The lowest BCUT2D eigenvalue weighted by atomic mass is 10.2. The summed E-state index contributed by atoms with van der Waals surface area (Å²) in [6.45, 7) is 4.45. The molecule has 0 saturated carbocycles. The largest absolute Gasteiger partial charge is 0.490 e. The Bertz CT molecular complexity index is 718. The molecule has 0 bridgehead atoms. The van der Waals surface area contributed by atoms with Gasteiger partial charge in [0.1, 0.15) is 12.4 Å². The van der Waals surface area contributed by atoms with E-state index in [1.807, 2.05) is 6.92 Å². The summed E-state index contributed by atoms with van der Waals surface area (Å²) in [6, 6.07) is 9.36. The molecule has 0 spiro atoms. The van der Waals surface area contributed by atoms with Crippen molar-refractivity contribution >= 4 is 21.9 Å². The number of benzene rings is 2. The maximum absolute atomic E-state index is 13.2. The zero-order valence-corrected chi connectivity index (χ0v) is 15.1. The Morgan fingerprint density at radius 3 is 2.58 bits per heavy atom. The predicted octanol–water partition coefficient (Wildman–Crippen LogP) is 4.74. The van der Waals surface area contributed by atoms with Crippen LogP contribution >= 0.6 is 15.9 Å². The average molecular weight is 397 g/mol. The van der Waals surface area contributed by atoms with Crippen molar-refractivity contribution in [3.63, 3.8) is 0 Å². The Kier molecular flexibility index (Phi) is 6.61. The number of halogens is 2. The molecule has 6 heteroatoms. The molecule has 0 saturated heterocycles. The summed E-state index contributed by atoms with van der Waals surface area (Å²) in [7, 11) is 0. The van der Waals surface area contributed by atoms with Crippen LogP contribution < -0.4 is 9.47 Å². The fourth-order valence-electron chi connectivity index (χ4n) is 2.09. The predicted molar refractivity (Wildman–Crippen MR) is 92.0 cm³/mol. The van der Waals surface area contributed by atoms with Crippen LogP contribution in [-0.4, -0.2) is 19.2 Å². The van der Waals surface area contributed by atoms with Gasteiger partial charge in [-0.1, -0.05) is 12.1 Å². The van der Waals surface area contributed by atoms with Crippen LogP contribution in [0.15, 0.2) is 40.9 Å². The summed E-state index contributed by atoms with van der Waals surface area (Å²) < 4.78 is 30.1. The van der Waals surface area contributed by atoms with Gasteiger partial charge in [0.15, 0.2) is 11.5 Å². The van der Waals surface area contributed by atoms with Crippen molar-refractivity contribution in [1.82, 2.24) is 0 Å². The molecular weight excluding hydrogens is 379 g/mol. The molecule has 2 rings (SSSR count). The molecule has 2 aromatic carbocycles. The molecule has 0 radical (unpaired) electrons. The SMILES string of the molecule is CCOC(=O)c1cc(Br)c(OCc2cccc(F)c2)c(OCC)c1. The molecule has 0 amide bonds. The highest BCUT2D eigenvalue weighted by Crippen LogP contribution is 2.37. The molecule has 0 fully saturated rings. The van der Waals surface area contributed by atoms with Gasteiger partial charge in [-0.3, -0.25) is 0 Å². The fraction of sp³-hybridized carbons (Fsp3) is 0.278. The van der Waals surface area contributed by atoms with Gasteiger partial charge in [0.25, 0.3) is 0 Å². The van der Waals surface area contributed by atoms with Gasteiger partial charge in [-0.2, -0.15) is 0 Å². The summed E-state index contributed by atoms with van der Waals surface area (Å²) in [5, 5.41) is 0. The van der Waals surface area contributed by atoms with Gasteiger partial charge in [0, 0.05) is 0 Å². The number of esters is 1. The van der Waals surface area contributed by atoms with Gasteiger partial charge < -0.3 is 14.2 Å². The van der Waals surface area contributed by atoms with E-state index in [-0.39, 0.29) is 19.0 Å². The number of carbonyl (C=O) groups excluding carboxylic acids is 1. The van der Waals surface area contributed by atoms with Crippen molar-refractivity contribution in [3.8, 4) is 11.5 Å². The first kappa shape index (κ1) is 18.3. The Hall–Kier alpha value is -2.08. The second kappa shape index (κ2) is 8.68. The lowest BCUT2D eigenvalue weighted by Gasteiger charge is -2.15. The average Bonchev–Trinajstić information content (AvgIpc) is 2.54. The molecule has 0 N–H and O–H groups in total. The van der Waals surface area contributed by atoms with Crippen LogP contribution in [0, 0.1) is 5.82 Å². The second-order valence-electron chi connectivity index (χ2n) is 4.86. The highest BCUT2D eigenvalue weighted by molar-refractivity contribution is 9.10. The highest BCUT2D eigenvalue weighted by atomic mass is 79.9. The van der Waals surface area contributed by atoms with Gasteiger partial charge in [0.2, 0.25) is 0 Å². The van der Waals surface area contributed by atoms with Crippen molar-refractivity contribution in [2.24, 2.45) is 0 Å². The number of carbonyl (C=O) groups is 1. The quantitative estimate of drug-likeness (QED) is 0.633. The van der Waals surface area contributed by atoms with Gasteiger partial charge in [0.05, 0.1) is 23.2 Å². The van der Waals surface area contributed by atoms with Crippen molar-refractivity contribution < 1.29 is 23.4 Å². The van der Waals surface area contributed by atoms with Gasteiger partial charge >= 0.3 is 5.97 Å². The van der Waals surface area contributed by atoms with E-state index in [0.717, 1.165) is 0 Å². The molecule has 0 aromatic heterocycles. The number of ether oxygens (including phenoxy) is 3. The smallest absolute Gasteiger partial charge is 0.338 e. The van der Waals surface area contributed by atoms with E-state index in [1.165, 1.54) is 12.1 Å². The summed E-state index contributed by atoms with van der Waals surface area (Å²) in [5.41, 5.74) is 1.06. The zero-order chi connectivity index (χ0) is 17.5. The summed E-state index contributed by atoms with van der Waals surface area (Å²) in [5.74, 6) is 0.120. The van der Waals surface area contributed by atoms with E-state index >= 15 is 0 Å². The highest BCUT2D eigenvalue weighted by Gasteiger charge is 2.17. The van der Waals surface area contributed by atoms with Gasteiger partial charge in [-0.05, 0) is 59.6 Å². The molecule has 0 aliphatic heterocycles. The molecule has 0 aliphatic rings. The maximum Gasteiger partial charge on any atom is 0.338 e. The topological polar surface area (TPSA) is 44.8 Å². The third-order valence-electron chi connectivity index (χ3n) is 3.09. The summed E-state index contributed by atoms with van der Waals surface area (Å²) in [4.78, 5) is 11.9. The number of hydrogen-bond acceptors (Lipinski definition) is 4. The lowest BCUT2D eigenvalue weighted by Crippen LogP contribution is -2.07. The molecule has 0 aliphatic carbocycles. The van der Waals surface area contributed by atoms with E-state index in [2.05, 4.69) is 15.9 Å². The molecule has 0 atom stereocenters. The third-order valence-corrected chi connectivity index (χ3v) is 3.68. The monoisotopic (exact) mass is 396 g/mol. The van der Waals surface area contributed by atoms with Crippen molar-refractivity contribution in [1.29, 1.82) is 0 Å². The zero-order valence-electron chi connectivity index (χ0n) is 13.5. The molecular formula is C18H18BrFO4. The van der Waals surface area contributed by atoms with E-state index in [9.17, 15) is 9.18 Å². The normalized spacial score (nSPS) is 10.3. The van der Waals surface area contributed by atoms with Gasteiger partial charge in [-0.15, -0.1) is 0 Å². The van der Waals surface area contributed by atoms with Crippen molar-refractivity contribution in [2.45, 2.75) is 20.5 Å². The van der Waals surface area contributed by atoms with Crippen LogP contribution in [-0.2, 0) is 11.3 Å². The van der Waals surface area contributed by atoms with Gasteiger partial charge in [-0.25, -0.2) is 9.18 Å². The second-order valence-corrected chi connectivity index (χ2v) is 5.71. The Labute approximate surface area is 148 Å². The molecule has 4 nitrogen and oxygen atoms in total. The first-order chi connectivity index (χ1) is 11.5. The van der Waals surface area contributed by atoms with Crippen molar-refractivity contribution in [3.05, 3.63) is 57.8 Å². The Morgan fingerprint density at radius 1 is 1.12 bits per heavy atom.